The SMILES string of the molecule is CCNC(=NCCC(=O)NC1CCS(=O)(=O)C1)NCCn1cccc1.I. The molecule has 1 aromatic rings. The number of sulfone groups is 1. The molecule has 2 rings (SSSR count). The molecule has 1 fully saturated rings. The third kappa shape index (κ3) is 8.39. The minimum atomic E-state index is -2.98. The second-order valence-electron chi connectivity index (χ2n) is 6.03. The maximum Gasteiger partial charge on any atom is 0.222 e. The molecule has 1 aromatic heterocycles. The topological polar surface area (TPSA) is 105 Å². The average Bonchev–Trinajstić information content (AvgIpc) is 3.17. The fraction of sp³-hybridized carbons (Fsp3) is 0.625. The van der Waals surface area contributed by atoms with E-state index >= 15 is 0 Å². The number of aliphatic imine (C=N–C) groups is 1. The van der Waals surface area contributed by atoms with Crippen LogP contribution in [0.3, 0.4) is 0 Å². The van der Waals surface area contributed by atoms with Gasteiger partial charge in [-0.15, -0.1) is 24.0 Å². The van der Waals surface area contributed by atoms with Gasteiger partial charge in [-0.2, -0.15) is 0 Å². The highest BCUT2D eigenvalue weighted by Gasteiger charge is 2.28. The summed E-state index contributed by atoms with van der Waals surface area (Å²) in [6, 6.07) is 3.70. The first kappa shape index (κ1) is 22.7. The highest BCUT2D eigenvalue weighted by molar-refractivity contribution is 14.0. The van der Waals surface area contributed by atoms with E-state index < -0.39 is 9.84 Å². The Balaban J connectivity index is 0.00000338. The lowest BCUT2D eigenvalue weighted by atomic mass is 10.2. The van der Waals surface area contributed by atoms with Crippen LogP contribution in [0.1, 0.15) is 19.8 Å². The molecular weight excluding hydrogens is 469 g/mol. The Morgan fingerprint density at radius 1 is 1.27 bits per heavy atom. The Bertz CT molecular complexity index is 676. The Labute approximate surface area is 172 Å². The van der Waals surface area contributed by atoms with Gasteiger partial charge in [-0.05, 0) is 25.5 Å². The van der Waals surface area contributed by atoms with Crippen LogP contribution in [0.2, 0.25) is 0 Å². The van der Waals surface area contributed by atoms with Crippen LogP contribution in [-0.2, 0) is 21.2 Å². The van der Waals surface area contributed by atoms with E-state index in [2.05, 4.69) is 25.5 Å². The lowest BCUT2D eigenvalue weighted by Crippen LogP contribution is -2.39. The maximum atomic E-state index is 11.9. The van der Waals surface area contributed by atoms with Gasteiger partial charge in [-0.3, -0.25) is 9.79 Å². The van der Waals surface area contributed by atoms with Crippen LogP contribution < -0.4 is 16.0 Å². The molecule has 26 heavy (non-hydrogen) atoms. The van der Waals surface area contributed by atoms with E-state index in [1.165, 1.54) is 0 Å². The summed E-state index contributed by atoms with van der Waals surface area (Å²) in [5.41, 5.74) is 0. The molecule has 0 aliphatic carbocycles. The second kappa shape index (κ2) is 11.4. The molecule has 1 saturated heterocycles. The number of carbonyl (C=O) groups excluding carboxylic acids is 1. The number of halogens is 1. The lowest BCUT2D eigenvalue weighted by Gasteiger charge is -2.12. The minimum absolute atomic E-state index is 0. The molecule has 0 aromatic carbocycles. The van der Waals surface area contributed by atoms with Crippen LogP contribution in [0.5, 0.6) is 0 Å². The van der Waals surface area contributed by atoms with E-state index in [9.17, 15) is 13.2 Å². The van der Waals surface area contributed by atoms with Crippen molar-refractivity contribution in [2.75, 3.05) is 31.1 Å². The highest BCUT2D eigenvalue weighted by Crippen LogP contribution is 2.11. The van der Waals surface area contributed by atoms with Crippen molar-refractivity contribution in [1.82, 2.24) is 20.5 Å². The van der Waals surface area contributed by atoms with Crippen LogP contribution in [0, 0.1) is 0 Å². The zero-order valence-electron chi connectivity index (χ0n) is 15.0. The van der Waals surface area contributed by atoms with Crippen LogP contribution in [-0.4, -0.2) is 62.0 Å². The van der Waals surface area contributed by atoms with Gasteiger partial charge in [0.15, 0.2) is 15.8 Å². The fourth-order valence-electron chi connectivity index (χ4n) is 2.64. The second-order valence-corrected chi connectivity index (χ2v) is 8.25. The van der Waals surface area contributed by atoms with E-state index in [4.69, 9.17) is 0 Å². The van der Waals surface area contributed by atoms with Gasteiger partial charge in [0.25, 0.3) is 0 Å². The molecule has 3 N–H and O–H groups in total. The zero-order chi connectivity index (χ0) is 18.1. The molecule has 1 amide bonds. The van der Waals surface area contributed by atoms with Crippen molar-refractivity contribution in [3.05, 3.63) is 24.5 Å². The molecule has 10 heteroatoms. The van der Waals surface area contributed by atoms with Crippen LogP contribution in [0.25, 0.3) is 0 Å². The summed E-state index contributed by atoms with van der Waals surface area (Å²) in [6.45, 7) is 4.63. The molecular formula is C16H28IN5O3S. The van der Waals surface area contributed by atoms with Crippen molar-refractivity contribution in [3.63, 3.8) is 0 Å². The number of aromatic nitrogens is 1. The molecule has 1 aliphatic rings. The van der Waals surface area contributed by atoms with Crippen LogP contribution in [0.15, 0.2) is 29.5 Å². The number of guanidine groups is 1. The van der Waals surface area contributed by atoms with Crippen molar-refractivity contribution >= 4 is 45.7 Å². The monoisotopic (exact) mass is 497 g/mol. The molecule has 0 spiro atoms. The fourth-order valence-corrected chi connectivity index (χ4v) is 4.32. The molecule has 0 bridgehead atoms. The molecule has 1 atom stereocenters. The summed E-state index contributed by atoms with van der Waals surface area (Å²) in [4.78, 5) is 16.3. The largest absolute Gasteiger partial charge is 0.357 e. The summed E-state index contributed by atoms with van der Waals surface area (Å²) in [5, 5.41) is 9.13. The first-order chi connectivity index (χ1) is 12.0. The van der Waals surface area contributed by atoms with E-state index in [-0.39, 0.29) is 53.9 Å². The predicted molar refractivity (Wildman–Crippen MR) is 114 cm³/mol. The number of rotatable bonds is 8. The Kier molecular flexibility index (Phi) is 9.99. The average molecular weight is 497 g/mol. The zero-order valence-corrected chi connectivity index (χ0v) is 18.1. The smallest absolute Gasteiger partial charge is 0.222 e. The van der Waals surface area contributed by atoms with E-state index in [1.54, 1.807) is 0 Å². The van der Waals surface area contributed by atoms with Crippen molar-refractivity contribution in [2.24, 2.45) is 4.99 Å². The lowest BCUT2D eigenvalue weighted by molar-refractivity contribution is -0.121. The Morgan fingerprint density at radius 2 is 2.00 bits per heavy atom. The van der Waals surface area contributed by atoms with Gasteiger partial charge in [-0.25, -0.2) is 8.42 Å². The molecule has 0 radical (unpaired) electrons. The van der Waals surface area contributed by atoms with Gasteiger partial charge < -0.3 is 20.5 Å². The standard InChI is InChI=1S/C16H27N5O3S.HI/c1-2-17-16(19-8-11-21-9-3-4-10-21)18-7-5-15(22)20-14-6-12-25(23,24)13-14;/h3-4,9-10,14H,2,5-8,11-13H2,1H3,(H,20,22)(H2,17,18,19);1H. The molecule has 2 heterocycles. The first-order valence-electron chi connectivity index (χ1n) is 8.61. The number of amides is 1. The molecule has 148 valence electrons. The van der Waals surface area contributed by atoms with Crippen LogP contribution >= 0.6 is 24.0 Å². The summed E-state index contributed by atoms with van der Waals surface area (Å²) in [6.07, 6.45) is 4.74. The number of nitrogens with one attached hydrogen (secondary N) is 3. The number of hydrogen-bond acceptors (Lipinski definition) is 4. The summed E-state index contributed by atoms with van der Waals surface area (Å²) in [7, 11) is -2.98. The summed E-state index contributed by atoms with van der Waals surface area (Å²) >= 11 is 0. The Morgan fingerprint density at radius 3 is 2.62 bits per heavy atom. The first-order valence-corrected chi connectivity index (χ1v) is 10.4. The Hall–Kier alpha value is -1.30. The van der Waals surface area contributed by atoms with Gasteiger partial charge in [-0.1, -0.05) is 0 Å². The number of carbonyl (C=O) groups is 1. The molecule has 1 aliphatic heterocycles. The normalized spacial score (nSPS) is 18.8. The number of nitrogens with zero attached hydrogens (tertiary/aromatic N) is 2. The van der Waals surface area contributed by atoms with Gasteiger partial charge in [0.1, 0.15) is 0 Å². The molecule has 0 saturated carbocycles. The van der Waals surface area contributed by atoms with Gasteiger partial charge >= 0.3 is 0 Å². The van der Waals surface area contributed by atoms with E-state index in [0.29, 0.717) is 18.9 Å². The van der Waals surface area contributed by atoms with Gasteiger partial charge in [0.2, 0.25) is 5.91 Å². The third-order valence-corrected chi connectivity index (χ3v) is 5.65. The van der Waals surface area contributed by atoms with Crippen molar-refractivity contribution in [3.8, 4) is 0 Å². The summed E-state index contributed by atoms with van der Waals surface area (Å²) in [5.74, 6) is 0.720. The maximum absolute atomic E-state index is 11.9. The molecule has 1 unspecified atom stereocenters. The minimum Gasteiger partial charge on any atom is -0.357 e. The predicted octanol–water partition coefficient (Wildman–Crippen LogP) is 0.355. The highest BCUT2D eigenvalue weighted by atomic mass is 127. The third-order valence-electron chi connectivity index (χ3n) is 3.88. The number of hydrogen-bond donors (Lipinski definition) is 3. The van der Waals surface area contributed by atoms with E-state index in [1.807, 2.05) is 31.5 Å². The van der Waals surface area contributed by atoms with Crippen molar-refractivity contribution < 1.29 is 13.2 Å². The van der Waals surface area contributed by atoms with Crippen molar-refractivity contribution in [1.29, 1.82) is 0 Å². The van der Waals surface area contributed by atoms with E-state index in [0.717, 1.165) is 19.6 Å². The van der Waals surface area contributed by atoms with Crippen molar-refractivity contribution in [2.45, 2.75) is 32.4 Å². The van der Waals surface area contributed by atoms with Crippen LogP contribution in [0.4, 0.5) is 0 Å². The van der Waals surface area contributed by atoms with Gasteiger partial charge in [0.05, 0.1) is 18.1 Å². The molecule has 8 nitrogen and oxygen atoms in total. The van der Waals surface area contributed by atoms with Gasteiger partial charge in [0, 0.05) is 44.5 Å². The quantitative estimate of drug-likeness (QED) is 0.273. The summed E-state index contributed by atoms with van der Waals surface area (Å²) < 4.78 is 24.9.